The van der Waals surface area contributed by atoms with Crippen LogP contribution in [0.3, 0.4) is 0 Å². The van der Waals surface area contributed by atoms with Crippen LogP contribution in [0.2, 0.25) is 0 Å². The van der Waals surface area contributed by atoms with Gasteiger partial charge in [0, 0.05) is 30.1 Å². The molecule has 5 rings (SSSR count). The van der Waals surface area contributed by atoms with Crippen molar-refractivity contribution in [3.8, 4) is 0 Å². The minimum atomic E-state index is -1.34. The Morgan fingerprint density at radius 3 is 2.39 bits per heavy atom. The molecule has 1 heterocycles. The molecule has 0 aromatic heterocycles. The number of nitrogens with one attached hydrogen (secondary N) is 1. The zero-order valence-electron chi connectivity index (χ0n) is 19.4. The second-order valence-corrected chi connectivity index (χ2v) is 9.07. The van der Waals surface area contributed by atoms with E-state index >= 15 is 0 Å². The average Bonchev–Trinajstić information content (AvgIpc) is 3.02. The third-order valence-electron chi connectivity index (χ3n) is 6.74. The number of amides is 1. The largest absolute Gasteiger partial charge is 0.550 e. The van der Waals surface area contributed by atoms with E-state index in [9.17, 15) is 23.9 Å². The zero-order valence-corrected chi connectivity index (χ0v) is 19.4. The molecular formula is C29H24FN2O4-. The predicted octanol–water partition coefficient (Wildman–Crippen LogP) is 4.26. The molecule has 0 saturated heterocycles. The number of ketones is 1. The van der Waals surface area contributed by atoms with Gasteiger partial charge >= 0.3 is 0 Å². The monoisotopic (exact) mass is 483 g/mol. The smallest absolute Gasteiger partial charge is 0.228 e. The van der Waals surface area contributed by atoms with Gasteiger partial charge in [-0.2, -0.15) is 0 Å². The number of halogens is 1. The van der Waals surface area contributed by atoms with Crippen LogP contribution in [0, 0.1) is 5.82 Å². The van der Waals surface area contributed by atoms with Crippen LogP contribution in [-0.2, 0) is 14.4 Å². The number of para-hydroxylation sites is 2. The maximum atomic E-state index is 14.4. The SMILES string of the molecule is O=C([O-])CCC(=O)N1c2ccccc2NC2=C(C(=O)CC(c3ccccc3)C2)C1c1cccc(F)c1. The normalized spacial score (nSPS) is 19.1. The number of benzene rings is 3. The van der Waals surface area contributed by atoms with Crippen LogP contribution in [0.1, 0.15) is 48.8 Å². The second kappa shape index (κ2) is 9.77. The van der Waals surface area contributed by atoms with E-state index < -0.39 is 30.2 Å². The van der Waals surface area contributed by atoms with E-state index in [1.54, 1.807) is 24.3 Å². The highest BCUT2D eigenvalue weighted by Gasteiger charge is 2.41. The van der Waals surface area contributed by atoms with Crippen molar-refractivity contribution >= 4 is 29.0 Å². The lowest BCUT2D eigenvalue weighted by Gasteiger charge is -2.35. The number of Topliss-reactive ketones (excluding diaryl/α,β-unsaturated/α-hetero) is 1. The van der Waals surface area contributed by atoms with Crippen molar-refractivity contribution in [1.82, 2.24) is 0 Å². The van der Waals surface area contributed by atoms with E-state index in [-0.39, 0.29) is 24.5 Å². The van der Waals surface area contributed by atoms with Gasteiger partial charge in [-0.3, -0.25) is 14.5 Å². The van der Waals surface area contributed by atoms with Crippen LogP contribution in [0.15, 0.2) is 90.1 Å². The highest BCUT2D eigenvalue weighted by molar-refractivity contribution is 6.06. The van der Waals surface area contributed by atoms with Crippen molar-refractivity contribution in [3.63, 3.8) is 0 Å². The topological polar surface area (TPSA) is 89.5 Å². The lowest BCUT2D eigenvalue weighted by molar-refractivity contribution is -0.305. The molecule has 0 radical (unpaired) electrons. The van der Waals surface area contributed by atoms with Crippen LogP contribution in [0.5, 0.6) is 0 Å². The fraction of sp³-hybridized carbons (Fsp3) is 0.207. The molecule has 3 aromatic rings. The highest BCUT2D eigenvalue weighted by atomic mass is 19.1. The zero-order chi connectivity index (χ0) is 25.2. The first-order valence-corrected chi connectivity index (χ1v) is 11.9. The summed E-state index contributed by atoms with van der Waals surface area (Å²) in [5.41, 5.74) is 3.67. The van der Waals surface area contributed by atoms with Crippen LogP contribution in [-0.4, -0.2) is 17.7 Å². The summed E-state index contributed by atoms with van der Waals surface area (Å²) in [7, 11) is 0. The van der Waals surface area contributed by atoms with Crippen molar-refractivity contribution in [3.05, 3.63) is 107 Å². The first kappa shape index (κ1) is 23.5. The molecule has 6 nitrogen and oxygen atoms in total. The molecule has 1 aliphatic carbocycles. The third kappa shape index (κ3) is 4.52. The van der Waals surface area contributed by atoms with Crippen molar-refractivity contribution in [1.29, 1.82) is 0 Å². The van der Waals surface area contributed by atoms with Gasteiger partial charge in [-0.25, -0.2) is 4.39 Å². The average molecular weight is 484 g/mol. The summed E-state index contributed by atoms with van der Waals surface area (Å²) in [6, 6.07) is 21.9. The van der Waals surface area contributed by atoms with Gasteiger partial charge in [0.25, 0.3) is 0 Å². The van der Waals surface area contributed by atoms with Gasteiger partial charge in [0.2, 0.25) is 5.91 Å². The molecule has 182 valence electrons. The molecule has 1 amide bonds. The molecule has 36 heavy (non-hydrogen) atoms. The molecule has 3 aromatic carbocycles. The molecule has 0 saturated carbocycles. The number of aliphatic carboxylic acids is 1. The summed E-state index contributed by atoms with van der Waals surface area (Å²) in [5.74, 6) is -2.52. The number of carbonyl (C=O) groups excluding carboxylic acids is 3. The Labute approximate surface area is 208 Å². The Bertz CT molecular complexity index is 1370. The second-order valence-electron chi connectivity index (χ2n) is 9.07. The summed E-state index contributed by atoms with van der Waals surface area (Å²) in [6.45, 7) is 0. The van der Waals surface area contributed by atoms with Gasteiger partial charge in [-0.15, -0.1) is 0 Å². The van der Waals surface area contributed by atoms with Crippen molar-refractivity contribution in [2.45, 2.75) is 37.6 Å². The van der Waals surface area contributed by atoms with Gasteiger partial charge in [0.1, 0.15) is 5.82 Å². The number of rotatable bonds is 5. The Hall–Kier alpha value is -4.26. The summed E-state index contributed by atoms with van der Waals surface area (Å²) >= 11 is 0. The Morgan fingerprint density at radius 1 is 0.917 bits per heavy atom. The van der Waals surface area contributed by atoms with Crippen molar-refractivity contribution < 1.29 is 23.9 Å². The molecule has 2 unspecified atom stereocenters. The van der Waals surface area contributed by atoms with Crippen LogP contribution < -0.4 is 15.3 Å². The van der Waals surface area contributed by atoms with E-state index in [0.29, 0.717) is 34.6 Å². The third-order valence-corrected chi connectivity index (χ3v) is 6.74. The standard InChI is InChI=1S/C29H25FN2O4/c30-21-10-6-9-19(15-21)29-28-23(16-20(17-25(28)33)18-7-2-1-3-8-18)31-22-11-4-5-12-24(22)32(29)26(34)13-14-27(35)36/h1-12,15,20,29,31H,13-14,16-17H2,(H,35,36)/p-1. The van der Waals surface area contributed by atoms with Gasteiger partial charge in [-0.1, -0.05) is 54.6 Å². The van der Waals surface area contributed by atoms with Gasteiger partial charge in [0.15, 0.2) is 5.78 Å². The molecule has 7 heteroatoms. The molecule has 0 bridgehead atoms. The van der Waals surface area contributed by atoms with Gasteiger partial charge in [-0.05, 0) is 54.2 Å². The lowest BCUT2D eigenvalue weighted by Crippen LogP contribution is -2.39. The van der Waals surface area contributed by atoms with E-state index in [2.05, 4.69) is 5.32 Å². The molecule has 1 N–H and O–H groups in total. The predicted molar refractivity (Wildman–Crippen MR) is 131 cm³/mol. The first-order chi connectivity index (χ1) is 17.4. The molecule has 2 aliphatic rings. The quantitative estimate of drug-likeness (QED) is 0.586. The summed E-state index contributed by atoms with van der Waals surface area (Å²) in [6.07, 6.45) is 0.00271. The number of nitrogens with zero attached hydrogens (tertiary/aromatic N) is 1. The Balaban J connectivity index is 1.69. The minimum Gasteiger partial charge on any atom is -0.550 e. The summed E-state index contributed by atoms with van der Waals surface area (Å²) in [4.78, 5) is 39.9. The van der Waals surface area contributed by atoms with Crippen molar-refractivity contribution in [2.24, 2.45) is 0 Å². The summed E-state index contributed by atoms with van der Waals surface area (Å²) in [5, 5.41) is 14.5. The number of fused-ring (bicyclic) bond motifs is 1. The molecule has 0 fully saturated rings. The Morgan fingerprint density at radius 2 is 1.64 bits per heavy atom. The fourth-order valence-corrected chi connectivity index (χ4v) is 5.15. The number of hydrogen-bond acceptors (Lipinski definition) is 5. The van der Waals surface area contributed by atoms with Gasteiger partial charge in [0.05, 0.1) is 17.4 Å². The van der Waals surface area contributed by atoms with E-state index in [1.165, 1.54) is 17.0 Å². The lowest BCUT2D eigenvalue weighted by atomic mass is 9.78. The number of allylic oxidation sites excluding steroid dienone is 1. The molecule has 1 aliphatic heterocycles. The number of anilines is 2. The number of carbonyl (C=O) groups is 3. The van der Waals surface area contributed by atoms with Crippen LogP contribution >= 0.6 is 0 Å². The maximum absolute atomic E-state index is 14.4. The summed E-state index contributed by atoms with van der Waals surface area (Å²) < 4.78 is 14.4. The Kier molecular flexibility index (Phi) is 6.38. The number of carboxylic acids is 1. The highest BCUT2D eigenvalue weighted by Crippen LogP contribution is 2.47. The van der Waals surface area contributed by atoms with Crippen molar-refractivity contribution in [2.75, 3.05) is 10.2 Å². The first-order valence-electron chi connectivity index (χ1n) is 11.9. The van der Waals surface area contributed by atoms with Crippen LogP contribution in [0.25, 0.3) is 0 Å². The van der Waals surface area contributed by atoms with E-state index in [1.807, 2.05) is 42.5 Å². The molecular weight excluding hydrogens is 459 g/mol. The number of hydrogen-bond donors (Lipinski definition) is 1. The molecule has 0 spiro atoms. The number of carboxylic acid groups (broad SMARTS) is 1. The van der Waals surface area contributed by atoms with E-state index in [0.717, 1.165) is 5.56 Å². The minimum absolute atomic E-state index is 0.0504. The molecule has 2 atom stereocenters. The fourth-order valence-electron chi connectivity index (χ4n) is 5.15. The van der Waals surface area contributed by atoms with Gasteiger partial charge < -0.3 is 15.2 Å². The maximum Gasteiger partial charge on any atom is 0.228 e. The van der Waals surface area contributed by atoms with E-state index in [4.69, 9.17) is 0 Å². The van der Waals surface area contributed by atoms with Crippen LogP contribution in [0.4, 0.5) is 15.8 Å².